The number of nitrogens with zero attached hydrogens (tertiary/aromatic N) is 4. The molecule has 0 spiro atoms. The lowest BCUT2D eigenvalue weighted by Gasteiger charge is -2.29. The van der Waals surface area contributed by atoms with Crippen molar-refractivity contribution >= 4 is 29.3 Å². The second kappa shape index (κ2) is 8.72. The SMILES string of the molecule is CCC(C)(C)CC(CN(O)C=O)C(=O)NNc1nnc2cccc(C)c2n1. The van der Waals surface area contributed by atoms with E-state index in [-0.39, 0.29) is 30.2 Å². The molecule has 0 saturated carbocycles. The van der Waals surface area contributed by atoms with Crippen molar-refractivity contribution in [2.45, 2.75) is 40.5 Å². The van der Waals surface area contributed by atoms with Crippen LogP contribution in [0.5, 0.6) is 0 Å². The summed E-state index contributed by atoms with van der Waals surface area (Å²) in [6, 6.07) is 5.59. The van der Waals surface area contributed by atoms with Crippen molar-refractivity contribution in [3.63, 3.8) is 0 Å². The summed E-state index contributed by atoms with van der Waals surface area (Å²) in [6.45, 7) is 7.90. The van der Waals surface area contributed by atoms with Gasteiger partial charge in [-0.05, 0) is 30.4 Å². The van der Waals surface area contributed by atoms with Crippen LogP contribution in [0, 0.1) is 18.3 Å². The van der Waals surface area contributed by atoms with Crippen molar-refractivity contribution in [3.05, 3.63) is 23.8 Å². The lowest BCUT2D eigenvalue weighted by atomic mass is 9.80. The Morgan fingerprint density at radius 2 is 2.11 bits per heavy atom. The second-order valence-electron chi connectivity index (χ2n) is 7.34. The summed E-state index contributed by atoms with van der Waals surface area (Å²) in [5, 5.41) is 18.0. The summed E-state index contributed by atoms with van der Waals surface area (Å²) in [5.41, 5.74) is 7.40. The number of aromatic nitrogens is 3. The summed E-state index contributed by atoms with van der Waals surface area (Å²) in [7, 11) is 0. The maximum Gasteiger partial charge on any atom is 0.262 e. The van der Waals surface area contributed by atoms with Gasteiger partial charge in [-0.2, -0.15) is 0 Å². The summed E-state index contributed by atoms with van der Waals surface area (Å²) in [6.07, 6.45) is 1.64. The Morgan fingerprint density at radius 1 is 1.37 bits per heavy atom. The van der Waals surface area contributed by atoms with E-state index in [1.807, 2.05) is 45.9 Å². The van der Waals surface area contributed by atoms with E-state index in [2.05, 4.69) is 26.0 Å². The molecule has 2 amide bonds. The summed E-state index contributed by atoms with van der Waals surface area (Å²) in [4.78, 5) is 27.7. The predicted octanol–water partition coefficient (Wildman–Crippen LogP) is 2.07. The van der Waals surface area contributed by atoms with Crippen molar-refractivity contribution in [1.82, 2.24) is 25.7 Å². The first kappa shape index (κ1) is 20.5. The van der Waals surface area contributed by atoms with Crippen molar-refractivity contribution in [1.29, 1.82) is 0 Å². The molecule has 2 aromatic rings. The maximum atomic E-state index is 12.6. The predicted molar refractivity (Wildman–Crippen MR) is 101 cm³/mol. The average Bonchev–Trinajstić information content (AvgIpc) is 2.65. The van der Waals surface area contributed by atoms with Crippen LogP contribution in [-0.4, -0.2) is 44.3 Å². The molecule has 1 atom stereocenters. The second-order valence-corrected chi connectivity index (χ2v) is 7.34. The minimum absolute atomic E-state index is 0.101. The monoisotopic (exact) mass is 374 g/mol. The lowest BCUT2D eigenvalue weighted by Crippen LogP contribution is -2.42. The molecule has 1 heterocycles. The topological polar surface area (TPSA) is 120 Å². The number of hydrogen-bond donors (Lipinski definition) is 3. The van der Waals surface area contributed by atoms with E-state index in [1.54, 1.807) is 0 Å². The number of hydroxylamine groups is 2. The Balaban J connectivity index is 2.09. The van der Waals surface area contributed by atoms with Crippen LogP contribution < -0.4 is 10.9 Å². The molecule has 0 aliphatic carbocycles. The van der Waals surface area contributed by atoms with Crippen molar-refractivity contribution in [2.75, 3.05) is 12.0 Å². The molecule has 9 nitrogen and oxygen atoms in total. The molecule has 2 rings (SSSR count). The van der Waals surface area contributed by atoms with Gasteiger partial charge < -0.3 is 0 Å². The van der Waals surface area contributed by atoms with Gasteiger partial charge in [-0.1, -0.05) is 39.3 Å². The molecule has 1 aromatic heterocycles. The number of nitrogens with one attached hydrogen (secondary N) is 2. The number of hydrazine groups is 1. The Bertz CT molecular complexity index is 811. The largest absolute Gasteiger partial charge is 0.286 e. The van der Waals surface area contributed by atoms with E-state index < -0.39 is 5.92 Å². The van der Waals surface area contributed by atoms with Gasteiger partial charge in [0, 0.05) is 0 Å². The number of anilines is 1. The molecular weight excluding hydrogens is 348 g/mol. The number of carbonyl (C=O) groups is 2. The number of carbonyl (C=O) groups excluding carboxylic acids is 2. The van der Waals surface area contributed by atoms with Gasteiger partial charge in [0.1, 0.15) is 5.52 Å². The number of fused-ring (bicyclic) bond motifs is 1. The Hall–Kier alpha value is -2.81. The van der Waals surface area contributed by atoms with Crippen LogP contribution in [0.4, 0.5) is 5.95 Å². The van der Waals surface area contributed by atoms with E-state index in [9.17, 15) is 14.8 Å². The minimum Gasteiger partial charge on any atom is -0.286 e. The number of benzene rings is 1. The van der Waals surface area contributed by atoms with E-state index in [0.717, 1.165) is 12.0 Å². The Kier molecular flexibility index (Phi) is 6.62. The van der Waals surface area contributed by atoms with Gasteiger partial charge in [0.25, 0.3) is 5.95 Å². The molecule has 0 radical (unpaired) electrons. The van der Waals surface area contributed by atoms with Gasteiger partial charge in [-0.15, -0.1) is 10.2 Å². The number of hydrogen-bond acceptors (Lipinski definition) is 7. The number of rotatable bonds is 9. The van der Waals surface area contributed by atoms with E-state index in [4.69, 9.17) is 0 Å². The van der Waals surface area contributed by atoms with Gasteiger partial charge in [0.2, 0.25) is 12.3 Å². The van der Waals surface area contributed by atoms with Crippen molar-refractivity contribution < 1.29 is 14.8 Å². The molecule has 146 valence electrons. The van der Waals surface area contributed by atoms with Crippen molar-refractivity contribution in [2.24, 2.45) is 11.3 Å². The highest BCUT2D eigenvalue weighted by Crippen LogP contribution is 2.29. The highest BCUT2D eigenvalue weighted by atomic mass is 16.5. The first-order chi connectivity index (χ1) is 12.8. The maximum absolute atomic E-state index is 12.6. The zero-order valence-corrected chi connectivity index (χ0v) is 16.1. The third-order valence-electron chi connectivity index (χ3n) is 4.64. The summed E-state index contributed by atoms with van der Waals surface area (Å²) in [5.74, 6) is -0.807. The minimum atomic E-state index is -0.599. The molecule has 3 N–H and O–H groups in total. The van der Waals surface area contributed by atoms with E-state index in [0.29, 0.717) is 22.5 Å². The molecule has 27 heavy (non-hydrogen) atoms. The van der Waals surface area contributed by atoms with Gasteiger partial charge in [0.15, 0.2) is 0 Å². The Labute approximate surface area is 158 Å². The molecule has 1 unspecified atom stereocenters. The van der Waals surface area contributed by atoms with E-state index in [1.165, 1.54) is 0 Å². The lowest BCUT2D eigenvalue weighted by molar-refractivity contribution is -0.155. The smallest absolute Gasteiger partial charge is 0.262 e. The molecule has 0 aliphatic heterocycles. The third-order valence-corrected chi connectivity index (χ3v) is 4.64. The fraction of sp³-hybridized carbons (Fsp3) is 0.500. The van der Waals surface area contributed by atoms with Crippen LogP contribution >= 0.6 is 0 Å². The fourth-order valence-electron chi connectivity index (χ4n) is 2.69. The molecule has 1 aromatic carbocycles. The van der Waals surface area contributed by atoms with Crippen LogP contribution in [0.2, 0.25) is 0 Å². The van der Waals surface area contributed by atoms with Crippen LogP contribution in [0.1, 0.15) is 39.2 Å². The van der Waals surface area contributed by atoms with Gasteiger partial charge >= 0.3 is 0 Å². The summed E-state index contributed by atoms with van der Waals surface area (Å²) >= 11 is 0. The quantitative estimate of drug-likeness (QED) is 0.349. The first-order valence-electron chi connectivity index (χ1n) is 8.82. The molecule has 9 heteroatoms. The zero-order chi connectivity index (χ0) is 20.0. The highest BCUT2D eigenvalue weighted by molar-refractivity contribution is 5.81. The zero-order valence-electron chi connectivity index (χ0n) is 16.1. The van der Waals surface area contributed by atoms with Gasteiger partial charge in [-0.3, -0.25) is 25.6 Å². The van der Waals surface area contributed by atoms with Crippen LogP contribution in [0.25, 0.3) is 11.0 Å². The van der Waals surface area contributed by atoms with Crippen molar-refractivity contribution in [3.8, 4) is 0 Å². The Morgan fingerprint density at radius 3 is 2.78 bits per heavy atom. The number of amides is 2. The average molecular weight is 374 g/mol. The molecule has 0 fully saturated rings. The van der Waals surface area contributed by atoms with Gasteiger partial charge in [-0.25, -0.2) is 10.0 Å². The molecular formula is C18H26N6O3. The molecule has 0 saturated heterocycles. The first-order valence-corrected chi connectivity index (χ1v) is 8.82. The number of aryl methyl sites for hydroxylation is 1. The number of para-hydroxylation sites is 1. The highest BCUT2D eigenvalue weighted by Gasteiger charge is 2.28. The van der Waals surface area contributed by atoms with E-state index >= 15 is 0 Å². The van der Waals surface area contributed by atoms with Crippen LogP contribution in [0.15, 0.2) is 18.2 Å². The van der Waals surface area contributed by atoms with Crippen LogP contribution in [-0.2, 0) is 9.59 Å². The molecule has 0 bridgehead atoms. The fourth-order valence-corrected chi connectivity index (χ4v) is 2.69. The van der Waals surface area contributed by atoms with Crippen LogP contribution in [0.3, 0.4) is 0 Å². The molecule has 0 aliphatic rings. The normalized spacial score (nSPS) is 12.5. The third kappa shape index (κ3) is 5.58. The standard InChI is InChI=1S/C18H26N6O3/c1-5-18(3,4)9-13(10-24(27)11-25)16(26)21-23-17-19-15-12(2)7-6-8-14(15)20-22-17/h6-8,11,13,27H,5,9-10H2,1-4H3,(H,21,26)(H,19,22,23). The van der Waals surface area contributed by atoms with Gasteiger partial charge in [0.05, 0.1) is 18.0 Å². The summed E-state index contributed by atoms with van der Waals surface area (Å²) < 4.78 is 0.